The van der Waals surface area contributed by atoms with Crippen LogP contribution in [0.2, 0.25) is 10.0 Å². The molecule has 2 aromatic rings. The van der Waals surface area contributed by atoms with Crippen molar-refractivity contribution in [3.8, 4) is 0 Å². The van der Waals surface area contributed by atoms with Crippen LogP contribution in [-0.2, 0) is 16.8 Å². The normalized spacial score (nSPS) is 11.4. The molecule has 0 saturated heterocycles. The van der Waals surface area contributed by atoms with Crippen molar-refractivity contribution in [2.75, 3.05) is 4.31 Å². The fourth-order valence-corrected chi connectivity index (χ4v) is 3.73. The molecule has 0 aliphatic carbocycles. The first-order valence-corrected chi connectivity index (χ1v) is 8.60. The summed E-state index contributed by atoms with van der Waals surface area (Å²) in [6.45, 7) is -0.388. The lowest BCUT2D eigenvalue weighted by Gasteiger charge is -2.20. The van der Waals surface area contributed by atoms with Crippen molar-refractivity contribution in [2.24, 2.45) is 0 Å². The van der Waals surface area contributed by atoms with Crippen molar-refractivity contribution in [1.29, 1.82) is 0 Å². The van der Waals surface area contributed by atoms with Crippen LogP contribution in [0.4, 0.5) is 5.00 Å². The molecule has 0 unspecified atom stereocenters. The zero-order valence-corrected chi connectivity index (χ0v) is 13.7. The smallest absolute Gasteiger partial charge is 0.360 e. The predicted molar refractivity (Wildman–Crippen MR) is 83.3 cm³/mol. The second kappa shape index (κ2) is 6.39. The number of aromatic nitrogens is 1. The SMILES string of the molecule is O=C(O)c1ncsc1N(Cc1cccc(Cl)c1Cl)S(=O)(=O)O. The summed E-state index contributed by atoms with van der Waals surface area (Å²) in [5.74, 6) is -1.41. The number of aromatic carboxylic acids is 1. The van der Waals surface area contributed by atoms with Gasteiger partial charge in [0.15, 0.2) is 5.69 Å². The molecule has 11 heteroatoms. The van der Waals surface area contributed by atoms with Crippen molar-refractivity contribution in [1.82, 2.24) is 4.98 Å². The lowest BCUT2D eigenvalue weighted by atomic mass is 10.2. The van der Waals surface area contributed by atoms with E-state index >= 15 is 0 Å². The van der Waals surface area contributed by atoms with Gasteiger partial charge in [0.1, 0.15) is 5.00 Å². The maximum Gasteiger partial charge on any atom is 0.360 e. The highest BCUT2D eigenvalue weighted by atomic mass is 35.5. The zero-order chi connectivity index (χ0) is 16.5. The Labute approximate surface area is 139 Å². The van der Waals surface area contributed by atoms with Crippen LogP contribution in [0, 0.1) is 0 Å². The fourth-order valence-electron chi connectivity index (χ4n) is 1.65. The van der Waals surface area contributed by atoms with Gasteiger partial charge < -0.3 is 5.11 Å². The minimum atomic E-state index is -4.73. The number of benzene rings is 1. The van der Waals surface area contributed by atoms with Crippen molar-refractivity contribution in [3.63, 3.8) is 0 Å². The number of carbonyl (C=O) groups is 1. The highest BCUT2D eigenvalue weighted by Gasteiger charge is 2.28. The van der Waals surface area contributed by atoms with Crippen molar-refractivity contribution >= 4 is 55.8 Å². The van der Waals surface area contributed by atoms with E-state index in [0.29, 0.717) is 9.87 Å². The van der Waals surface area contributed by atoms with Gasteiger partial charge in [0, 0.05) is 0 Å². The van der Waals surface area contributed by atoms with Crippen LogP contribution in [0.1, 0.15) is 16.1 Å². The summed E-state index contributed by atoms with van der Waals surface area (Å²) in [6, 6.07) is 4.57. The molecule has 2 rings (SSSR count). The maximum atomic E-state index is 11.6. The Kier molecular flexibility index (Phi) is 4.93. The van der Waals surface area contributed by atoms with E-state index in [9.17, 15) is 17.8 Å². The molecule has 1 aromatic heterocycles. The molecular weight excluding hydrogens is 375 g/mol. The Hall–Kier alpha value is -1.39. The van der Waals surface area contributed by atoms with Gasteiger partial charge >= 0.3 is 16.3 Å². The van der Waals surface area contributed by atoms with Crippen molar-refractivity contribution in [3.05, 3.63) is 45.0 Å². The molecule has 0 spiro atoms. The third-order valence-corrected chi connectivity index (χ3v) is 5.29. The first kappa shape index (κ1) is 17.0. The van der Waals surface area contributed by atoms with E-state index in [1.165, 1.54) is 12.1 Å². The highest BCUT2D eigenvalue weighted by Crippen LogP contribution is 2.32. The van der Waals surface area contributed by atoms with E-state index in [0.717, 1.165) is 16.8 Å². The van der Waals surface area contributed by atoms with Crippen LogP contribution in [-0.4, -0.2) is 29.0 Å². The number of carboxylic acid groups (broad SMARTS) is 1. The Morgan fingerprint density at radius 1 is 1.36 bits per heavy atom. The summed E-state index contributed by atoms with van der Waals surface area (Å²) in [4.78, 5) is 14.7. The molecule has 118 valence electrons. The summed E-state index contributed by atoms with van der Waals surface area (Å²) in [5.41, 5.74) is 0.980. The van der Waals surface area contributed by atoms with Crippen LogP contribution in [0.15, 0.2) is 23.7 Å². The van der Waals surface area contributed by atoms with E-state index in [-0.39, 0.29) is 21.6 Å². The van der Waals surface area contributed by atoms with E-state index in [1.807, 2.05) is 0 Å². The standard InChI is InChI=1S/C11H8Cl2N2O5S2/c12-7-3-1-2-6(8(7)13)4-15(22(18,19)20)10-9(11(16)17)14-5-21-10/h1-3,5H,4H2,(H,16,17)(H,18,19,20). The molecule has 1 heterocycles. The minimum Gasteiger partial charge on any atom is -0.476 e. The van der Waals surface area contributed by atoms with Crippen LogP contribution >= 0.6 is 34.5 Å². The van der Waals surface area contributed by atoms with Crippen LogP contribution in [0.25, 0.3) is 0 Å². The van der Waals surface area contributed by atoms with Gasteiger partial charge in [0.05, 0.1) is 22.1 Å². The first-order chi connectivity index (χ1) is 10.2. The second-order valence-corrected chi connectivity index (χ2v) is 6.96. The van der Waals surface area contributed by atoms with Crippen LogP contribution in [0.5, 0.6) is 0 Å². The van der Waals surface area contributed by atoms with Gasteiger partial charge in [-0.05, 0) is 11.6 Å². The summed E-state index contributed by atoms with van der Waals surface area (Å²) >= 11 is 12.6. The molecule has 1 aromatic carbocycles. The number of rotatable bonds is 5. The molecule has 0 aliphatic rings. The Bertz CT molecular complexity index is 822. The van der Waals surface area contributed by atoms with E-state index < -0.39 is 22.0 Å². The maximum absolute atomic E-state index is 11.6. The van der Waals surface area contributed by atoms with E-state index in [2.05, 4.69) is 4.98 Å². The average Bonchev–Trinajstić information content (AvgIpc) is 2.88. The zero-order valence-electron chi connectivity index (χ0n) is 10.6. The third-order valence-electron chi connectivity index (χ3n) is 2.60. The van der Waals surface area contributed by atoms with Gasteiger partial charge in [-0.3, -0.25) is 4.55 Å². The number of carboxylic acids is 1. The Morgan fingerprint density at radius 3 is 2.64 bits per heavy atom. The second-order valence-electron chi connectivity index (χ2n) is 4.01. The molecule has 22 heavy (non-hydrogen) atoms. The minimum absolute atomic E-state index is 0.110. The van der Waals surface area contributed by atoms with Crippen LogP contribution < -0.4 is 4.31 Å². The monoisotopic (exact) mass is 382 g/mol. The molecular formula is C11H8Cl2N2O5S2. The molecule has 0 bridgehead atoms. The number of anilines is 1. The van der Waals surface area contributed by atoms with Crippen molar-refractivity contribution < 1.29 is 22.9 Å². The van der Waals surface area contributed by atoms with Crippen LogP contribution in [0.3, 0.4) is 0 Å². The van der Waals surface area contributed by atoms with Gasteiger partial charge in [-0.1, -0.05) is 35.3 Å². The van der Waals surface area contributed by atoms with Crippen molar-refractivity contribution in [2.45, 2.75) is 6.54 Å². The van der Waals surface area contributed by atoms with Gasteiger partial charge in [0.25, 0.3) is 0 Å². The van der Waals surface area contributed by atoms with Gasteiger partial charge in [-0.15, -0.1) is 11.3 Å². The summed E-state index contributed by atoms with van der Waals surface area (Å²) in [6.07, 6.45) is 0. The number of hydrogen-bond donors (Lipinski definition) is 2. The Morgan fingerprint density at radius 2 is 2.05 bits per heavy atom. The summed E-state index contributed by atoms with van der Waals surface area (Å²) in [7, 11) is -4.73. The lowest BCUT2D eigenvalue weighted by molar-refractivity contribution is 0.0692. The number of halogens is 2. The largest absolute Gasteiger partial charge is 0.476 e. The predicted octanol–water partition coefficient (Wildman–Crippen LogP) is 2.96. The number of hydrogen-bond acceptors (Lipinski definition) is 5. The first-order valence-electron chi connectivity index (χ1n) is 5.56. The molecule has 0 atom stereocenters. The highest BCUT2D eigenvalue weighted by molar-refractivity contribution is 7.87. The van der Waals surface area contributed by atoms with Gasteiger partial charge in [-0.25, -0.2) is 14.1 Å². The lowest BCUT2D eigenvalue weighted by Crippen LogP contribution is -2.30. The topological polar surface area (TPSA) is 108 Å². The Balaban J connectivity index is 2.51. The summed E-state index contributed by atoms with van der Waals surface area (Å²) in [5, 5.41) is 9.11. The number of thiazole rings is 1. The molecule has 0 fully saturated rings. The molecule has 2 N–H and O–H groups in total. The average molecular weight is 383 g/mol. The van der Waals surface area contributed by atoms with E-state index in [1.54, 1.807) is 6.07 Å². The van der Waals surface area contributed by atoms with Gasteiger partial charge in [0.2, 0.25) is 0 Å². The van der Waals surface area contributed by atoms with E-state index in [4.69, 9.17) is 28.3 Å². The van der Waals surface area contributed by atoms with Gasteiger partial charge in [-0.2, -0.15) is 8.42 Å². The fraction of sp³-hybridized carbons (Fsp3) is 0.0909. The molecule has 0 aliphatic heterocycles. The molecule has 7 nitrogen and oxygen atoms in total. The quantitative estimate of drug-likeness (QED) is 0.769. The summed E-state index contributed by atoms with van der Waals surface area (Å²) < 4.78 is 33.1. The molecule has 0 amide bonds. The number of nitrogens with zero attached hydrogens (tertiary/aromatic N) is 2. The molecule has 0 radical (unpaired) electrons. The molecule has 0 saturated carbocycles. The third kappa shape index (κ3) is 3.50.